The highest BCUT2D eigenvalue weighted by atomic mass is 79.9. The molecule has 4 nitrogen and oxygen atoms in total. The lowest BCUT2D eigenvalue weighted by Crippen LogP contribution is -2.10. The van der Waals surface area contributed by atoms with Crippen molar-refractivity contribution in [1.29, 1.82) is 0 Å². The van der Waals surface area contributed by atoms with Gasteiger partial charge in [-0.1, -0.05) is 15.9 Å². The second-order valence-electron chi connectivity index (χ2n) is 1.60. The summed E-state index contributed by atoms with van der Waals surface area (Å²) in [7, 11) is 1.27. The molecule has 0 aliphatic rings. The van der Waals surface area contributed by atoms with Crippen molar-refractivity contribution >= 4 is 22.1 Å². The van der Waals surface area contributed by atoms with E-state index in [0.717, 1.165) is 5.33 Å². The van der Waals surface area contributed by atoms with Gasteiger partial charge in [0.25, 0.3) is 0 Å². The minimum Gasteiger partial charge on any atom is -0.438 e. The van der Waals surface area contributed by atoms with Gasteiger partial charge in [0, 0.05) is 5.33 Å². The molecule has 11 heavy (non-hydrogen) atoms. The summed E-state index contributed by atoms with van der Waals surface area (Å²) in [6.07, 6.45) is -0.674. The van der Waals surface area contributed by atoms with Crippen LogP contribution >= 0.6 is 15.9 Å². The van der Waals surface area contributed by atoms with Crippen LogP contribution in [0.5, 0.6) is 0 Å². The normalized spacial score (nSPS) is 9.27. The molecule has 0 unspecified atom stereocenters. The molecule has 0 saturated carbocycles. The first-order valence-electron chi connectivity index (χ1n) is 3.15. The molecular formula is C6H11BrO4. The number of carbonyl (C=O) groups is 1. The van der Waals surface area contributed by atoms with Crippen molar-refractivity contribution in [2.45, 2.75) is 0 Å². The van der Waals surface area contributed by atoms with Crippen molar-refractivity contribution in [3.05, 3.63) is 0 Å². The smallest absolute Gasteiger partial charge is 0.438 e. The van der Waals surface area contributed by atoms with E-state index in [0.29, 0.717) is 13.2 Å². The zero-order chi connectivity index (χ0) is 8.53. The Bertz CT molecular complexity index is 107. The Balaban J connectivity index is 2.95. The fraction of sp³-hybridized carbons (Fsp3) is 0.833. The molecule has 0 N–H and O–H groups in total. The number of carbonyl (C=O) groups excluding carboxylic acids is 1. The lowest BCUT2D eigenvalue weighted by Gasteiger charge is -2.02. The summed E-state index contributed by atoms with van der Waals surface area (Å²) in [5, 5.41) is 0.783. The van der Waals surface area contributed by atoms with Gasteiger partial charge in [-0.05, 0) is 0 Å². The van der Waals surface area contributed by atoms with Crippen LogP contribution in [-0.4, -0.2) is 38.4 Å². The first kappa shape index (κ1) is 10.7. The van der Waals surface area contributed by atoms with Crippen molar-refractivity contribution in [3.63, 3.8) is 0 Å². The summed E-state index contributed by atoms with van der Waals surface area (Å²) in [6, 6.07) is 0. The van der Waals surface area contributed by atoms with Gasteiger partial charge in [0.2, 0.25) is 0 Å². The number of methoxy groups -OCH3 is 1. The Hall–Kier alpha value is -0.290. The summed E-state index contributed by atoms with van der Waals surface area (Å²) in [4.78, 5) is 10.3. The number of alkyl halides is 1. The molecule has 0 spiro atoms. The maximum atomic E-state index is 10.3. The molecule has 0 aromatic heterocycles. The van der Waals surface area contributed by atoms with Crippen LogP contribution < -0.4 is 0 Å². The highest BCUT2D eigenvalue weighted by molar-refractivity contribution is 9.09. The van der Waals surface area contributed by atoms with Crippen molar-refractivity contribution in [1.82, 2.24) is 0 Å². The highest BCUT2D eigenvalue weighted by Gasteiger charge is 1.97. The lowest BCUT2D eigenvalue weighted by atomic mass is 10.7. The van der Waals surface area contributed by atoms with E-state index in [-0.39, 0.29) is 6.61 Å². The van der Waals surface area contributed by atoms with Crippen molar-refractivity contribution in [3.8, 4) is 0 Å². The van der Waals surface area contributed by atoms with Crippen LogP contribution in [-0.2, 0) is 14.2 Å². The van der Waals surface area contributed by atoms with Gasteiger partial charge in [-0.2, -0.15) is 0 Å². The summed E-state index contributed by atoms with van der Waals surface area (Å²) < 4.78 is 13.8. The SMILES string of the molecule is COC(=O)OCCOCCBr. The maximum absolute atomic E-state index is 10.3. The molecule has 0 heterocycles. The van der Waals surface area contributed by atoms with Crippen LogP contribution in [0.3, 0.4) is 0 Å². The molecule has 66 valence electrons. The molecule has 0 bridgehead atoms. The van der Waals surface area contributed by atoms with E-state index in [9.17, 15) is 4.79 Å². The zero-order valence-electron chi connectivity index (χ0n) is 6.34. The second-order valence-corrected chi connectivity index (χ2v) is 2.40. The van der Waals surface area contributed by atoms with Gasteiger partial charge in [-0.3, -0.25) is 0 Å². The quantitative estimate of drug-likeness (QED) is 0.402. The Morgan fingerprint density at radius 3 is 2.64 bits per heavy atom. The first-order chi connectivity index (χ1) is 5.31. The molecule has 0 aliphatic carbocycles. The molecule has 5 heteroatoms. The van der Waals surface area contributed by atoms with E-state index in [1.165, 1.54) is 7.11 Å². The fourth-order valence-electron chi connectivity index (χ4n) is 0.399. The molecule has 0 aromatic carbocycles. The standard InChI is InChI=1S/C6H11BrO4/c1-9-6(8)11-5-4-10-3-2-7/h2-5H2,1H3. The lowest BCUT2D eigenvalue weighted by molar-refractivity contribution is 0.0412. The molecule has 0 aromatic rings. The summed E-state index contributed by atoms with van der Waals surface area (Å²) in [5.74, 6) is 0. The molecule has 0 amide bonds. The molecule has 0 rings (SSSR count). The molecule has 0 aliphatic heterocycles. The van der Waals surface area contributed by atoms with Gasteiger partial charge in [0.15, 0.2) is 0 Å². The van der Waals surface area contributed by atoms with Crippen LogP contribution in [0.25, 0.3) is 0 Å². The number of hydrogen-bond acceptors (Lipinski definition) is 4. The van der Waals surface area contributed by atoms with Crippen LogP contribution in [0.1, 0.15) is 0 Å². The average molecular weight is 227 g/mol. The van der Waals surface area contributed by atoms with E-state index in [1.807, 2.05) is 0 Å². The minimum atomic E-state index is -0.674. The van der Waals surface area contributed by atoms with Crippen LogP contribution in [0, 0.1) is 0 Å². The van der Waals surface area contributed by atoms with Gasteiger partial charge in [0.05, 0.1) is 20.3 Å². The van der Waals surface area contributed by atoms with E-state index in [4.69, 9.17) is 4.74 Å². The summed E-state index contributed by atoms with van der Waals surface area (Å²) in [5.41, 5.74) is 0. The molecule has 0 fully saturated rings. The number of hydrogen-bond donors (Lipinski definition) is 0. The average Bonchev–Trinajstić information content (AvgIpc) is 2.04. The Labute approximate surface area is 73.9 Å². The Morgan fingerprint density at radius 1 is 1.36 bits per heavy atom. The number of ether oxygens (including phenoxy) is 3. The number of rotatable bonds is 5. The minimum absolute atomic E-state index is 0.236. The monoisotopic (exact) mass is 226 g/mol. The van der Waals surface area contributed by atoms with Crippen LogP contribution in [0.15, 0.2) is 0 Å². The van der Waals surface area contributed by atoms with Gasteiger partial charge in [-0.15, -0.1) is 0 Å². The van der Waals surface area contributed by atoms with Gasteiger partial charge >= 0.3 is 6.16 Å². The summed E-state index contributed by atoms with van der Waals surface area (Å²) in [6.45, 7) is 1.25. The predicted octanol–water partition coefficient (Wildman–Crippen LogP) is 1.18. The Kier molecular flexibility index (Phi) is 7.61. The molecule has 0 atom stereocenters. The van der Waals surface area contributed by atoms with E-state index < -0.39 is 6.16 Å². The fourth-order valence-corrected chi connectivity index (χ4v) is 0.628. The van der Waals surface area contributed by atoms with E-state index >= 15 is 0 Å². The van der Waals surface area contributed by atoms with Crippen LogP contribution in [0.4, 0.5) is 4.79 Å². The first-order valence-corrected chi connectivity index (χ1v) is 4.28. The molecule has 0 saturated heterocycles. The Morgan fingerprint density at radius 2 is 2.09 bits per heavy atom. The third kappa shape index (κ3) is 7.61. The van der Waals surface area contributed by atoms with E-state index in [1.54, 1.807) is 0 Å². The summed E-state index contributed by atoms with van der Waals surface area (Å²) >= 11 is 3.19. The van der Waals surface area contributed by atoms with Crippen LogP contribution in [0.2, 0.25) is 0 Å². The predicted molar refractivity (Wildman–Crippen MR) is 43.0 cm³/mol. The largest absolute Gasteiger partial charge is 0.508 e. The second kappa shape index (κ2) is 7.81. The van der Waals surface area contributed by atoms with Gasteiger partial charge in [-0.25, -0.2) is 4.79 Å². The third-order valence-electron chi connectivity index (χ3n) is 0.836. The van der Waals surface area contributed by atoms with Crippen molar-refractivity contribution < 1.29 is 19.0 Å². The molecular weight excluding hydrogens is 216 g/mol. The van der Waals surface area contributed by atoms with Gasteiger partial charge in [0.1, 0.15) is 6.61 Å². The zero-order valence-corrected chi connectivity index (χ0v) is 7.93. The number of halogens is 1. The van der Waals surface area contributed by atoms with E-state index in [2.05, 4.69) is 25.4 Å². The maximum Gasteiger partial charge on any atom is 0.508 e. The van der Waals surface area contributed by atoms with Crippen molar-refractivity contribution in [2.24, 2.45) is 0 Å². The van der Waals surface area contributed by atoms with Crippen molar-refractivity contribution in [2.75, 3.05) is 32.3 Å². The molecule has 0 radical (unpaired) electrons. The topological polar surface area (TPSA) is 44.8 Å². The highest BCUT2D eigenvalue weighted by Crippen LogP contribution is 1.85. The third-order valence-corrected chi connectivity index (χ3v) is 1.16. The van der Waals surface area contributed by atoms with Gasteiger partial charge < -0.3 is 14.2 Å².